The predicted octanol–water partition coefficient (Wildman–Crippen LogP) is 0.211. The van der Waals surface area contributed by atoms with E-state index in [9.17, 15) is 4.79 Å². The second kappa shape index (κ2) is 5.19. The molecule has 1 rings (SSSR count). The molecule has 0 atom stereocenters. The van der Waals surface area contributed by atoms with Gasteiger partial charge in [-0.3, -0.25) is 4.79 Å². The van der Waals surface area contributed by atoms with Crippen molar-refractivity contribution in [3.8, 4) is 0 Å². The van der Waals surface area contributed by atoms with E-state index in [-0.39, 0.29) is 5.97 Å². The lowest BCUT2D eigenvalue weighted by Gasteiger charge is -2.28. The molecule has 0 aromatic heterocycles. The second-order valence-electron chi connectivity index (χ2n) is 3.60. The quantitative estimate of drug-likeness (QED) is 0.507. The Kier molecular flexibility index (Phi) is 4.18. The molecular weight excluding hydrogens is 170 g/mol. The van der Waals surface area contributed by atoms with E-state index in [0.717, 1.165) is 25.9 Å². The maximum atomic E-state index is 11.0. The first-order valence-electron chi connectivity index (χ1n) is 4.67. The van der Waals surface area contributed by atoms with E-state index in [2.05, 4.69) is 16.7 Å². The number of aliphatic hydroxyl groups is 1. The van der Waals surface area contributed by atoms with E-state index >= 15 is 0 Å². The molecule has 4 nitrogen and oxygen atoms in total. The Balaban J connectivity index is 2.18. The summed E-state index contributed by atoms with van der Waals surface area (Å²) in [7, 11) is 2.09. The number of nitrogens with zero attached hydrogens (tertiary/aromatic N) is 1. The molecule has 1 N–H and O–H groups in total. The van der Waals surface area contributed by atoms with Gasteiger partial charge in [-0.25, -0.2) is 0 Å². The van der Waals surface area contributed by atoms with Gasteiger partial charge in [0.25, 0.3) is 0 Å². The van der Waals surface area contributed by atoms with Crippen LogP contribution in [-0.2, 0) is 9.53 Å². The van der Waals surface area contributed by atoms with Crippen LogP contribution in [0.2, 0.25) is 0 Å². The van der Waals surface area contributed by atoms with Crippen LogP contribution in [0.3, 0.4) is 0 Å². The minimum absolute atomic E-state index is 0.281. The van der Waals surface area contributed by atoms with Crippen LogP contribution in [0.5, 0.6) is 0 Å². The molecule has 1 heterocycles. The number of carbonyl (C=O) groups is 1. The van der Waals surface area contributed by atoms with Crippen LogP contribution in [0, 0.1) is 5.92 Å². The molecule has 0 aromatic rings. The van der Waals surface area contributed by atoms with Crippen molar-refractivity contribution in [3.05, 3.63) is 0 Å². The number of aliphatic hydroxyl groups excluding tert-OH is 1. The molecule has 0 radical (unpaired) electrons. The molecule has 1 aliphatic heterocycles. The highest BCUT2D eigenvalue weighted by Crippen LogP contribution is 2.19. The number of ether oxygens (including phenoxy) is 1. The maximum absolute atomic E-state index is 11.0. The van der Waals surface area contributed by atoms with E-state index in [1.165, 1.54) is 0 Å². The molecule has 1 fully saturated rings. The van der Waals surface area contributed by atoms with Gasteiger partial charge in [-0.2, -0.15) is 0 Å². The van der Waals surface area contributed by atoms with E-state index in [1.54, 1.807) is 0 Å². The fraction of sp³-hybridized carbons (Fsp3) is 0.889. The van der Waals surface area contributed by atoms with Crippen molar-refractivity contribution in [2.75, 3.05) is 26.9 Å². The summed E-state index contributed by atoms with van der Waals surface area (Å²) in [4.78, 5) is 13.3. The number of likely N-dealkylation sites (tertiary alicyclic amines) is 1. The van der Waals surface area contributed by atoms with E-state index < -0.39 is 6.79 Å². The predicted molar refractivity (Wildman–Crippen MR) is 48.0 cm³/mol. The molecule has 1 saturated heterocycles. The largest absolute Gasteiger partial charge is 0.439 e. The second-order valence-corrected chi connectivity index (χ2v) is 3.60. The third kappa shape index (κ3) is 3.74. The third-order valence-corrected chi connectivity index (χ3v) is 2.52. The molecule has 1 aliphatic rings. The molecular formula is C9H17NO3. The van der Waals surface area contributed by atoms with Gasteiger partial charge in [0.2, 0.25) is 0 Å². The first kappa shape index (κ1) is 10.5. The van der Waals surface area contributed by atoms with Crippen LogP contribution in [0.25, 0.3) is 0 Å². The topological polar surface area (TPSA) is 49.8 Å². The highest BCUT2D eigenvalue weighted by Gasteiger charge is 2.19. The lowest BCUT2D eigenvalue weighted by atomic mass is 9.94. The maximum Gasteiger partial charge on any atom is 0.308 e. The summed E-state index contributed by atoms with van der Waals surface area (Å²) in [5.41, 5.74) is 0. The highest BCUT2D eigenvalue weighted by molar-refractivity contribution is 5.69. The zero-order chi connectivity index (χ0) is 9.68. The molecule has 4 heteroatoms. The standard InChI is InChI=1S/C9H17NO3/c1-10-4-2-8(3-5-10)6-9(12)13-7-11/h8,11H,2-7H2,1H3. The van der Waals surface area contributed by atoms with Crippen molar-refractivity contribution in [1.29, 1.82) is 0 Å². The van der Waals surface area contributed by atoms with Crippen molar-refractivity contribution in [2.24, 2.45) is 5.92 Å². The Labute approximate surface area is 78.5 Å². The van der Waals surface area contributed by atoms with E-state index in [4.69, 9.17) is 5.11 Å². The van der Waals surface area contributed by atoms with Gasteiger partial charge in [-0.05, 0) is 38.9 Å². The monoisotopic (exact) mass is 187 g/mol. The van der Waals surface area contributed by atoms with Gasteiger partial charge in [0.1, 0.15) is 0 Å². The molecule has 0 unspecified atom stereocenters. The molecule has 0 saturated carbocycles. The molecule has 76 valence electrons. The zero-order valence-corrected chi connectivity index (χ0v) is 8.03. The lowest BCUT2D eigenvalue weighted by Crippen LogP contribution is -2.31. The minimum atomic E-state index is -0.495. The highest BCUT2D eigenvalue weighted by atomic mass is 16.6. The molecule has 0 amide bonds. The summed E-state index contributed by atoms with van der Waals surface area (Å²) in [6.45, 7) is 1.61. The number of hydrogen-bond donors (Lipinski definition) is 1. The molecule has 13 heavy (non-hydrogen) atoms. The van der Waals surface area contributed by atoms with Crippen LogP contribution in [0.4, 0.5) is 0 Å². The fourth-order valence-corrected chi connectivity index (χ4v) is 1.63. The summed E-state index contributed by atoms with van der Waals surface area (Å²) >= 11 is 0. The number of hydrogen-bond acceptors (Lipinski definition) is 4. The summed E-state index contributed by atoms with van der Waals surface area (Å²) in [5.74, 6) is 0.160. The van der Waals surface area contributed by atoms with Crippen LogP contribution in [0.1, 0.15) is 19.3 Å². The number of rotatable bonds is 3. The van der Waals surface area contributed by atoms with Crippen molar-refractivity contribution < 1.29 is 14.6 Å². The average molecular weight is 187 g/mol. The van der Waals surface area contributed by atoms with Gasteiger partial charge in [0.15, 0.2) is 6.79 Å². The van der Waals surface area contributed by atoms with Gasteiger partial charge >= 0.3 is 5.97 Å². The Bertz CT molecular complexity index is 164. The van der Waals surface area contributed by atoms with Gasteiger partial charge in [-0.15, -0.1) is 0 Å². The van der Waals surface area contributed by atoms with Crippen molar-refractivity contribution in [3.63, 3.8) is 0 Å². The average Bonchev–Trinajstić information content (AvgIpc) is 2.09. The first-order valence-corrected chi connectivity index (χ1v) is 4.67. The summed E-state index contributed by atoms with van der Waals surface area (Å²) in [5, 5.41) is 8.36. The minimum Gasteiger partial charge on any atom is -0.439 e. The number of piperidine rings is 1. The molecule has 0 aliphatic carbocycles. The number of esters is 1. The fourth-order valence-electron chi connectivity index (χ4n) is 1.63. The van der Waals surface area contributed by atoms with Crippen LogP contribution in [0.15, 0.2) is 0 Å². The first-order chi connectivity index (χ1) is 6.22. The van der Waals surface area contributed by atoms with Crippen LogP contribution in [-0.4, -0.2) is 42.9 Å². The van der Waals surface area contributed by atoms with Gasteiger partial charge in [0.05, 0.1) is 0 Å². The SMILES string of the molecule is CN1CCC(CC(=O)OCO)CC1. The molecule has 0 bridgehead atoms. The van der Waals surface area contributed by atoms with Gasteiger partial charge < -0.3 is 14.7 Å². The Morgan fingerprint density at radius 2 is 2.15 bits per heavy atom. The summed E-state index contributed by atoms with van der Waals surface area (Å²) < 4.78 is 4.47. The third-order valence-electron chi connectivity index (χ3n) is 2.52. The molecule has 0 spiro atoms. The zero-order valence-electron chi connectivity index (χ0n) is 8.03. The Morgan fingerprint density at radius 1 is 1.54 bits per heavy atom. The van der Waals surface area contributed by atoms with Gasteiger partial charge in [-0.1, -0.05) is 0 Å². The lowest BCUT2D eigenvalue weighted by molar-refractivity contribution is -0.153. The Morgan fingerprint density at radius 3 is 2.69 bits per heavy atom. The Hall–Kier alpha value is -0.610. The van der Waals surface area contributed by atoms with Crippen molar-refractivity contribution >= 4 is 5.97 Å². The van der Waals surface area contributed by atoms with Gasteiger partial charge in [0, 0.05) is 6.42 Å². The van der Waals surface area contributed by atoms with Crippen molar-refractivity contribution in [1.82, 2.24) is 4.90 Å². The van der Waals surface area contributed by atoms with Crippen molar-refractivity contribution in [2.45, 2.75) is 19.3 Å². The normalized spacial score (nSPS) is 20.2. The van der Waals surface area contributed by atoms with Crippen LogP contribution >= 0.6 is 0 Å². The summed E-state index contributed by atoms with van der Waals surface area (Å²) in [6, 6.07) is 0. The molecule has 0 aromatic carbocycles. The smallest absolute Gasteiger partial charge is 0.308 e. The summed E-state index contributed by atoms with van der Waals surface area (Å²) in [6.07, 6.45) is 2.56. The van der Waals surface area contributed by atoms with Crippen LogP contribution < -0.4 is 0 Å². The number of carbonyl (C=O) groups excluding carboxylic acids is 1. The van der Waals surface area contributed by atoms with E-state index in [0.29, 0.717) is 12.3 Å². The van der Waals surface area contributed by atoms with E-state index in [1.807, 2.05) is 0 Å².